The van der Waals surface area contributed by atoms with Gasteiger partial charge in [-0.25, -0.2) is 8.42 Å². The first-order valence-corrected chi connectivity index (χ1v) is 12.5. The van der Waals surface area contributed by atoms with Crippen molar-refractivity contribution in [3.8, 4) is 0 Å². The molecule has 1 aliphatic heterocycles. The van der Waals surface area contributed by atoms with Crippen molar-refractivity contribution in [1.82, 2.24) is 4.90 Å². The molecule has 1 atom stereocenters. The summed E-state index contributed by atoms with van der Waals surface area (Å²) in [6.45, 7) is 6.26. The highest BCUT2D eigenvalue weighted by atomic mass is 35.5. The monoisotopic (exact) mass is 477 g/mol. The SMILES string of the molecule is CCN(c1ccccc1)S(=O)(=O)c1cc(NC(=O)[C@H](C(C)C)N2CCCC2=O)ccc1Cl. The predicted molar refractivity (Wildman–Crippen MR) is 126 cm³/mol. The zero-order valence-corrected chi connectivity index (χ0v) is 20.0. The maximum Gasteiger partial charge on any atom is 0.265 e. The fourth-order valence-corrected chi connectivity index (χ4v) is 5.94. The van der Waals surface area contributed by atoms with Crippen LogP contribution in [0.3, 0.4) is 0 Å². The second-order valence-corrected chi connectivity index (χ2v) is 10.3. The van der Waals surface area contributed by atoms with E-state index < -0.39 is 16.1 Å². The molecule has 0 radical (unpaired) electrons. The minimum absolute atomic E-state index is 0.0420. The Hall–Kier alpha value is -2.58. The molecule has 2 aromatic carbocycles. The molecular formula is C23H28ClN3O4S. The van der Waals surface area contributed by atoms with E-state index in [0.717, 1.165) is 6.42 Å². The molecule has 1 heterocycles. The van der Waals surface area contributed by atoms with E-state index in [2.05, 4.69) is 5.32 Å². The number of amides is 2. The van der Waals surface area contributed by atoms with Gasteiger partial charge >= 0.3 is 0 Å². The summed E-state index contributed by atoms with van der Waals surface area (Å²) in [6, 6.07) is 12.5. The van der Waals surface area contributed by atoms with Gasteiger partial charge in [0.05, 0.1) is 10.7 Å². The summed E-state index contributed by atoms with van der Waals surface area (Å²) in [7, 11) is -3.97. The molecule has 9 heteroatoms. The lowest BCUT2D eigenvalue weighted by Gasteiger charge is -2.30. The number of hydrogen-bond acceptors (Lipinski definition) is 4. The molecule has 3 rings (SSSR count). The van der Waals surface area contributed by atoms with Crippen LogP contribution in [-0.4, -0.2) is 44.3 Å². The molecule has 1 N–H and O–H groups in total. The Morgan fingerprint density at radius 1 is 1.19 bits per heavy atom. The van der Waals surface area contributed by atoms with Gasteiger partial charge < -0.3 is 10.2 Å². The van der Waals surface area contributed by atoms with Crippen molar-refractivity contribution in [3.05, 3.63) is 53.6 Å². The number of para-hydroxylation sites is 1. The summed E-state index contributed by atoms with van der Waals surface area (Å²) in [5, 5.41) is 2.85. The van der Waals surface area contributed by atoms with Crippen molar-refractivity contribution in [3.63, 3.8) is 0 Å². The van der Waals surface area contributed by atoms with Gasteiger partial charge in [-0.2, -0.15) is 0 Å². The molecule has 2 amide bonds. The van der Waals surface area contributed by atoms with E-state index in [9.17, 15) is 18.0 Å². The number of carbonyl (C=O) groups excluding carboxylic acids is 2. The number of nitrogens with one attached hydrogen (secondary N) is 1. The van der Waals surface area contributed by atoms with E-state index in [1.807, 2.05) is 19.9 Å². The number of anilines is 2. The second kappa shape index (κ2) is 9.92. The van der Waals surface area contributed by atoms with Crippen LogP contribution in [0.2, 0.25) is 5.02 Å². The van der Waals surface area contributed by atoms with E-state index in [1.165, 1.54) is 16.4 Å². The van der Waals surface area contributed by atoms with Gasteiger partial charge in [0, 0.05) is 25.2 Å². The number of benzene rings is 2. The molecule has 0 spiro atoms. The lowest BCUT2D eigenvalue weighted by Crippen LogP contribution is -2.48. The Bertz CT molecular complexity index is 1090. The van der Waals surface area contributed by atoms with Gasteiger partial charge in [-0.1, -0.05) is 43.6 Å². The highest BCUT2D eigenvalue weighted by molar-refractivity contribution is 7.93. The van der Waals surface area contributed by atoms with Crippen LogP contribution in [-0.2, 0) is 19.6 Å². The topological polar surface area (TPSA) is 86.8 Å². The molecular weight excluding hydrogens is 450 g/mol. The Morgan fingerprint density at radius 2 is 1.88 bits per heavy atom. The highest BCUT2D eigenvalue weighted by Gasteiger charge is 2.35. The fraction of sp³-hybridized carbons (Fsp3) is 0.391. The average Bonchev–Trinajstić information content (AvgIpc) is 3.15. The molecule has 0 unspecified atom stereocenters. The molecule has 2 aromatic rings. The summed E-state index contributed by atoms with van der Waals surface area (Å²) >= 11 is 6.27. The molecule has 1 aliphatic rings. The van der Waals surface area contributed by atoms with Gasteiger partial charge in [-0.15, -0.1) is 0 Å². The second-order valence-electron chi connectivity index (χ2n) is 8.02. The van der Waals surface area contributed by atoms with Gasteiger partial charge in [0.1, 0.15) is 10.9 Å². The lowest BCUT2D eigenvalue weighted by atomic mass is 10.0. The van der Waals surface area contributed by atoms with Crippen LogP contribution in [0.25, 0.3) is 0 Å². The van der Waals surface area contributed by atoms with E-state index in [4.69, 9.17) is 11.6 Å². The smallest absolute Gasteiger partial charge is 0.265 e. The van der Waals surface area contributed by atoms with Crippen LogP contribution in [0, 0.1) is 5.92 Å². The quantitative estimate of drug-likeness (QED) is 0.619. The number of rotatable bonds is 8. The molecule has 7 nitrogen and oxygen atoms in total. The molecule has 0 saturated carbocycles. The van der Waals surface area contributed by atoms with Gasteiger partial charge in [0.15, 0.2) is 0 Å². The van der Waals surface area contributed by atoms with Crippen LogP contribution in [0.5, 0.6) is 0 Å². The maximum absolute atomic E-state index is 13.4. The number of hydrogen-bond donors (Lipinski definition) is 1. The molecule has 172 valence electrons. The number of likely N-dealkylation sites (tertiary alicyclic amines) is 1. The van der Waals surface area contributed by atoms with Crippen LogP contribution in [0.15, 0.2) is 53.4 Å². The van der Waals surface area contributed by atoms with Gasteiger partial charge in [-0.05, 0) is 49.6 Å². The normalized spacial score (nSPS) is 15.2. The number of sulfonamides is 1. The van der Waals surface area contributed by atoms with Crippen molar-refractivity contribution in [2.24, 2.45) is 5.92 Å². The van der Waals surface area contributed by atoms with Crippen molar-refractivity contribution in [1.29, 1.82) is 0 Å². The van der Waals surface area contributed by atoms with E-state index in [0.29, 0.717) is 24.3 Å². The molecule has 0 aromatic heterocycles. The average molecular weight is 478 g/mol. The van der Waals surface area contributed by atoms with Gasteiger partial charge in [0.25, 0.3) is 10.0 Å². The van der Waals surface area contributed by atoms with E-state index in [-0.39, 0.29) is 34.2 Å². The molecule has 1 fully saturated rings. The Morgan fingerprint density at radius 3 is 2.44 bits per heavy atom. The van der Waals surface area contributed by atoms with Crippen molar-refractivity contribution < 1.29 is 18.0 Å². The van der Waals surface area contributed by atoms with Crippen molar-refractivity contribution >= 4 is 44.8 Å². The van der Waals surface area contributed by atoms with Crippen LogP contribution < -0.4 is 9.62 Å². The predicted octanol–water partition coefficient (Wildman–Crippen LogP) is 4.14. The highest BCUT2D eigenvalue weighted by Crippen LogP contribution is 2.31. The van der Waals surface area contributed by atoms with Crippen LogP contribution in [0.1, 0.15) is 33.6 Å². The van der Waals surface area contributed by atoms with Crippen molar-refractivity contribution in [2.45, 2.75) is 44.6 Å². The van der Waals surface area contributed by atoms with Crippen LogP contribution in [0.4, 0.5) is 11.4 Å². The minimum Gasteiger partial charge on any atom is -0.330 e. The van der Waals surface area contributed by atoms with Crippen LogP contribution >= 0.6 is 11.6 Å². The molecule has 1 saturated heterocycles. The first-order chi connectivity index (χ1) is 15.2. The minimum atomic E-state index is -3.97. The first kappa shape index (κ1) is 24.1. The summed E-state index contributed by atoms with van der Waals surface area (Å²) in [5.74, 6) is -0.489. The summed E-state index contributed by atoms with van der Waals surface area (Å²) < 4.78 is 28.0. The third-order valence-corrected chi connectivity index (χ3v) is 7.83. The van der Waals surface area contributed by atoms with E-state index in [1.54, 1.807) is 42.2 Å². The number of nitrogens with zero attached hydrogens (tertiary/aromatic N) is 2. The Balaban J connectivity index is 1.91. The Labute approximate surface area is 194 Å². The Kier molecular flexibility index (Phi) is 7.46. The first-order valence-electron chi connectivity index (χ1n) is 10.6. The molecule has 32 heavy (non-hydrogen) atoms. The third-order valence-electron chi connectivity index (χ3n) is 5.44. The maximum atomic E-state index is 13.4. The number of carbonyl (C=O) groups is 2. The summed E-state index contributed by atoms with van der Waals surface area (Å²) in [5.41, 5.74) is 0.826. The zero-order chi connectivity index (χ0) is 23.5. The largest absolute Gasteiger partial charge is 0.330 e. The molecule has 0 aliphatic carbocycles. The molecule has 0 bridgehead atoms. The van der Waals surface area contributed by atoms with Crippen molar-refractivity contribution in [2.75, 3.05) is 22.7 Å². The third kappa shape index (κ3) is 4.91. The summed E-state index contributed by atoms with van der Waals surface area (Å²) in [6.07, 6.45) is 1.16. The standard InChI is InChI=1S/C23H28ClN3O4S/c1-4-27(18-9-6-5-7-10-18)32(30,31)20-15-17(12-13-19(20)24)25-23(29)22(16(2)3)26-14-8-11-21(26)28/h5-7,9-10,12-13,15-16,22H,4,8,11,14H2,1-3H3,(H,25,29)/t22-/m0/s1. The fourth-order valence-electron chi connectivity index (χ4n) is 3.97. The number of halogens is 1. The van der Waals surface area contributed by atoms with Gasteiger partial charge in [-0.3, -0.25) is 13.9 Å². The van der Waals surface area contributed by atoms with E-state index >= 15 is 0 Å². The zero-order valence-electron chi connectivity index (χ0n) is 18.4. The lowest BCUT2D eigenvalue weighted by molar-refractivity contribution is -0.136. The van der Waals surface area contributed by atoms with Gasteiger partial charge in [0.2, 0.25) is 11.8 Å². The summed E-state index contributed by atoms with van der Waals surface area (Å²) in [4.78, 5) is 26.7.